The second-order valence-corrected chi connectivity index (χ2v) is 3.15. The zero-order valence-electron chi connectivity index (χ0n) is 8.71. The summed E-state index contributed by atoms with van der Waals surface area (Å²) in [6.45, 7) is 2.44. The van der Waals surface area contributed by atoms with Gasteiger partial charge >= 0.3 is 6.03 Å². The molecule has 0 radical (unpaired) electrons. The van der Waals surface area contributed by atoms with E-state index < -0.39 is 0 Å². The zero-order valence-corrected chi connectivity index (χ0v) is 8.71. The molecule has 0 aromatic heterocycles. The van der Waals surface area contributed by atoms with Crippen LogP contribution >= 0.6 is 0 Å². The van der Waals surface area contributed by atoms with Crippen LogP contribution in [0.4, 0.5) is 10.5 Å². The van der Waals surface area contributed by atoms with Crippen molar-refractivity contribution in [1.29, 1.82) is 0 Å². The Bertz CT molecular complexity index is 379. The maximum Gasteiger partial charge on any atom is 0.319 e. The maximum atomic E-state index is 11.3. The van der Waals surface area contributed by atoms with Crippen LogP contribution in [-0.2, 0) is 0 Å². The molecule has 0 spiro atoms. The lowest BCUT2D eigenvalue weighted by Gasteiger charge is -2.08. The summed E-state index contributed by atoms with van der Waals surface area (Å²) in [6.07, 6.45) is 5.61. The van der Waals surface area contributed by atoms with Gasteiger partial charge in [0.25, 0.3) is 0 Å². The maximum absolute atomic E-state index is 11.3. The standard InChI is InChI=1S/C12H14N2O/c1-3-4-9-13-12(15)14-11-8-6-5-7-10(11)2/h1,5-8H,4,9H2,2H3,(H2,13,14,15). The normalized spacial score (nSPS) is 9.07. The third-order valence-corrected chi connectivity index (χ3v) is 1.95. The number of rotatable bonds is 3. The number of carbonyl (C=O) groups is 1. The van der Waals surface area contributed by atoms with Crippen LogP contribution < -0.4 is 10.6 Å². The molecule has 0 fully saturated rings. The van der Waals surface area contributed by atoms with Gasteiger partial charge in [0.1, 0.15) is 0 Å². The minimum absolute atomic E-state index is 0.223. The zero-order chi connectivity index (χ0) is 11.1. The largest absolute Gasteiger partial charge is 0.337 e. The van der Waals surface area contributed by atoms with E-state index in [1.54, 1.807) is 0 Å². The molecule has 0 aliphatic heterocycles. The van der Waals surface area contributed by atoms with E-state index in [0.717, 1.165) is 11.3 Å². The van der Waals surface area contributed by atoms with Crippen LogP contribution in [-0.4, -0.2) is 12.6 Å². The Morgan fingerprint density at radius 1 is 1.47 bits per heavy atom. The molecule has 78 valence electrons. The molecule has 0 aliphatic carbocycles. The van der Waals surface area contributed by atoms with Crippen LogP contribution in [0.15, 0.2) is 24.3 Å². The lowest BCUT2D eigenvalue weighted by atomic mass is 10.2. The van der Waals surface area contributed by atoms with Crippen LogP contribution in [0.5, 0.6) is 0 Å². The van der Waals surface area contributed by atoms with E-state index in [9.17, 15) is 4.79 Å². The van der Waals surface area contributed by atoms with Gasteiger partial charge in [0.2, 0.25) is 0 Å². The molecule has 2 amide bonds. The van der Waals surface area contributed by atoms with Crippen molar-refractivity contribution in [2.45, 2.75) is 13.3 Å². The second-order valence-electron chi connectivity index (χ2n) is 3.15. The quantitative estimate of drug-likeness (QED) is 0.572. The Kier molecular flexibility index (Phi) is 4.24. The Labute approximate surface area is 89.9 Å². The predicted molar refractivity (Wildman–Crippen MR) is 61.7 cm³/mol. The van der Waals surface area contributed by atoms with Gasteiger partial charge in [-0.2, -0.15) is 0 Å². The van der Waals surface area contributed by atoms with Crippen molar-refractivity contribution in [3.05, 3.63) is 29.8 Å². The second kappa shape index (κ2) is 5.71. The fraction of sp³-hybridized carbons (Fsp3) is 0.250. The van der Waals surface area contributed by atoms with Gasteiger partial charge in [-0.25, -0.2) is 4.79 Å². The molecule has 15 heavy (non-hydrogen) atoms. The third kappa shape index (κ3) is 3.74. The van der Waals surface area contributed by atoms with Gasteiger partial charge in [-0.15, -0.1) is 12.3 Å². The highest BCUT2D eigenvalue weighted by Crippen LogP contribution is 2.12. The van der Waals surface area contributed by atoms with E-state index in [4.69, 9.17) is 6.42 Å². The molecule has 2 N–H and O–H groups in total. The first kappa shape index (κ1) is 11.1. The fourth-order valence-electron chi connectivity index (χ4n) is 1.13. The van der Waals surface area contributed by atoms with E-state index >= 15 is 0 Å². The van der Waals surface area contributed by atoms with Gasteiger partial charge < -0.3 is 10.6 Å². The van der Waals surface area contributed by atoms with Crippen molar-refractivity contribution >= 4 is 11.7 Å². The fourth-order valence-corrected chi connectivity index (χ4v) is 1.13. The molecule has 3 heteroatoms. The summed E-state index contributed by atoms with van der Waals surface area (Å²) in [5, 5.41) is 5.42. The number of aryl methyl sites for hydroxylation is 1. The van der Waals surface area contributed by atoms with Crippen molar-refractivity contribution in [3.63, 3.8) is 0 Å². The first-order valence-electron chi connectivity index (χ1n) is 4.78. The van der Waals surface area contributed by atoms with Crippen LogP contribution in [0.1, 0.15) is 12.0 Å². The average molecular weight is 202 g/mol. The molecular weight excluding hydrogens is 188 g/mol. The summed E-state index contributed by atoms with van der Waals surface area (Å²) in [6, 6.07) is 7.38. The summed E-state index contributed by atoms with van der Waals surface area (Å²) in [7, 11) is 0. The van der Waals surface area contributed by atoms with Gasteiger partial charge in [-0.1, -0.05) is 18.2 Å². The van der Waals surface area contributed by atoms with Gasteiger partial charge in [0.05, 0.1) is 0 Å². The summed E-state index contributed by atoms with van der Waals surface area (Å²) in [4.78, 5) is 11.3. The minimum atomic E-state index is -0.223. The number of hydrogen-bond donors (Lipinski definition) is 2. The van der Waals surface area contributed by atoms with Gasteiger partial charge in [0, 0.05) is 18.7 Å². The Hall–Kier alpha value is -1.95. The summed E-state index contributed by atoms with van der Waals surface area (Å²) >= 11 is 0. The molecule has 0 aliphatic rings. The Balaban J connectivity index is 2.45. The van der Waals surface area contributed by atoms with Crippen molar-refractivity contribution in [2.24, 2.45) is 0 Å². The molecule has 0 saturated carbocycles. The Morgan fingerprint density at radius 3 is 2.87 bits per heavy atom. The van der Waals surface area contributed by atoms with Crippen LogP contribution in [0.25, 0.3) is 0 Å². The summed E-state index contributed by atoms with van der Waals surface area (Å²) in [5.41, 5.74) is 1.85. The van der Waals surface area contributed by atoms with Gasteiger partial charge in [0.15, 0.2) is 0 Å². The van der Waals surface area contributed by atoms with E-state index in [2.05, 4.69) is 16.6 Å². The molecule has 0 heterocycles. The smallest absolute Gasteiger partial charge is 0.319 e. The predicted octanol–water partition coefficient (Wildman–Crippen LogP) is 2.14. The van der Waals surface area contributed by atoms with E-state index in [-0.39, 0.29) is 6.03 Å². The van der Waals surface area contributed by atoms with Crippen LogP contribution in [0.2, 0.25) is 0 Å². The minimum Gasteiger partial charge on any atom is -0.337 e. The molecule has 1 rings (SSSR count). The molecule has 0 saturated heterocycles. The third-order valence-electron chi connectivity index (χ3n) is 1.95. The lowest BCUT2D eigenvalue weighted by molar-refractivity contribution is 0.252. The lowest BCUT2D eigenvalue weighted by Crippen LogP contribution is -2.29. The molecule has 0 unspecified atom stereocenters. The SMILES string of the molecule is C#CCCNC(=O)Nc1ccccc1C. The number of hydrogen-bond acceptors (Lipinski definition) is 1. The highest BCUT2D eigenvalue weighted by Gasteiger charge is 2.01. The van der Waals surface area contributed by atoms with Crippen molar-refractivity contribution in [3.8, 4) is 12.3 Å². The number of carbonyl (C=O) groups excluding carboxylic acids is 1. The highest BCUT2D eigenvalue weighted by molar-refractivity contribution is 5.89. The topological polar surface area (TPSA) is 41.1 Å². The van der Waals surface area contributed by atoms with Crippen molar-refractivity contribution in [1.82, 2.24) is 5.32 Å². The van der Waals surface area contributed by atoms with Crippen LogP contribution in [0, 0.1) is 19.3 Å². The molecule has 1 aromatic rings. The number of benzene rings is 1. The molecular formula is C12H14N2O. The van der Waals surface area contributed by atoms with E-state index in [1.807, 2.05) is 31.2 Å². The van der Waals surface area contributed by atoms with Gasteiger partial charge in [-0.3, -0.25) is 0 Å². The van der Waals surface area contributed by atoms with Crippen molar-refractivity contribution in [2.75, 3.05) is 11.9 Å². The Morgan fingerprint density at radius 2 is 2.20 bits per heavy atom. The number of anilines is 1. The molecule has 0 bridgehead atoms. The van der Waals surface area contributed by atoms with E-state index in [1.165, 1.54) is 0 Å². The first-order valence-corrected chi connectivity index (χ1v) is 4.78. The number of urea groups is 1. The number of nitrogens with one attached hydrogen (secondary N) is 2. The van der Waals surface area contributed by atoms with Gasteiger partial charge in [-0.05, 0) is 18.6 Å². The average Bonchev–Trinajstić information content (AvgIpc) is 2.22. The number of amides is 2. The monoisotopic (exact) mass is 202 g/mol. The summed E-state index contributed by atoms with van der Waals surface area (Å²) < 4.78 is 0. The van der Waals surface area contributed by atoms with E-state index in [0.29, 0.717) is 13.0 Å². The van der Waals surface area contributed by atoms with Crippen LogP contribution in [0.3, 0.4) is 0 Å². The molecule has 3 nitrogen and oxygen atoms in total. The highest BCUT2D eigenvalue weighted by atomic mass is 16.2. The summed E-state index contributed by atoms with van der Waals surface area (Å²) in [5.74, 6) is 2.46. The first-order chi connectivity index (χ1) is 7.24. The van der Waals surface area contributed by atoms with Crippen molar-refractivity contribution < 1.29 is 4.79 Å². The number of terminal acetylenes is 1. The number of para-hydroxylation sites is 1. The molecule has 1 aromatic carbocycles. The molecule has 0 atom stereocenters.